The van der Waals surface area contributed by atoms with Crippen molar-refractivity contribution in [3.05, 3.63) is 45.8 Å². The second kappa shape index (κ2) is 9.77. The molecule has 4 rings (SSSR count). The summed E-state index contributed by atoms with van der Waals surface area (Å²) in [5.74, 6) is -0.252. The van der Waals surface area contributed by atoms with Crippen LogP contribution in [0, 0.1) is 11.8 Å². The molecule has 1 N–H and O–H groups in total. The van der Waals surface area contributed by atoms with Crippen molar-refractivity contribution in [1.82, 2.24) is 9.21 Å². The highest BCUT2D eigenvalue weighted by atomic mass is 32.2. The average molecular weight is 506 g/mol. The second-order valence-electron chi connectivity index (χ2n) is 9.43. The predicted molar refractivity (Wildman–Crippen MR) is 132 cm³/mol. The first-order valence-electron chi connectivity index (χ1n) is 11.4. The third-order valence-corrected chi connectivity index (χ3v) is 9.43. The van der Waals surface area contributed by atoms with E-state index >= 15 is 0 Å². The predicted octanol–water partition coefficient (Wildman–Crippen LogP) is 3.44. The molecule has 0 spiro atoms. The number of nitrogens with zero attached hydrogens (tertiary/aromatic N) is 2. The van der Waals surface area contributed by atoms with Crippen molar-refractivity contribution in [2.75, 3.05) is 39.1 Å². The number of fused-ring (bicyclic) bond motifs is 1. The van der Waals surface area contributed by atoms with E-state index in [9.17, 15) is 18.0 Å². The maximum absolute atomic E-state index is 13.1. The van der Waals surface area contributed by atoms with Gasteiger partial charge in [0.15, 0.2) is 0 Å². The van der Waals surface area contributed by atoms with Gasteiger partial charge in [0, 0.05) is 36.6 Å². The summed E-state index contributed by atoms with van der Waals surface area (Å²) in [7, 11) is -0.277. The van der Waals surface area contributed by atoms with Crippen LogP contribution in [0.4, 0.5) is 5.00 Å². The lowest BCUT2D eigenvalue weighted by molar-refractivity contribution is 0.0600. The Morgan fingerprint density at radius 1 is 1.12 bits per heavy atom. The molecule has 184 valence electrons. The van der Waals surface area contributed by atoms with E-state index in [1.54, 1.807) is 0 Å². The van der Waals surface area contributed by atoms with Crippen LogP contribution in [0.2, 0.25) is 0 Å². The number of methoxy groups -OCH3 is 1. The summed E-state index contributed by atoms with van der Waals surface area (Å²) in [4.78, 5) is 28.8. The number of likely N-dealkylation sites (N-methyl/N-ethyl adjacent to an activating group) is 1. The fourth-order valence-corrected chi connectivity index (χ4v) is 7.83. The molecule has 2 unspecified atom stereocenters. The van der Waals surface area contributed by atoms with Crippen LogP contribution in [0.5, 0.6) is 0 Å². The van der Waals surface area contributed by atoms with Gasteiger partial charge in [0.2, 0.25) is 10.0 Å². The first-order valence-corrected chi connectivity index (χ1v) is 13.7. The summed E-state index contributed by atoms with van der Waals surface area (Å²) >= 11 is 1.38. The fraction of sp³-hybridized carbons (Fsp3) is 0.500. The number of ether oxygens (including phenoxy) is 1. The van der Waals surface area contributed by atoms with Gasteiger partial charge in [-0.05, 0) is 61.6 Å². The van der Waals surface area contributed by atoms with Crippen LogP contribution in [0.3, 0.4) is 0 Å². The van der Waals surface area contributed by atoms with Crippen molar-refractivity contribution >= 4 is 38.2 Å². The van der Waals surface area contributed by atoms with Gasteiger partial charge in [-0.3, -0.25) is 4.79 Å². The Bertz CT molecular complexity index is 1180. The van der Waals surface area contributed by atoms with Gasteiger partial charge in [0.05, 0.1) is 17.6 Å². The average Bonchev–Trinajstić information content (AvgIpc) is 3.14. The largest absolute Gasteiger partial charge is 0.465 e. The molecule has 0 saturated carbocycles. The number of sulfonamides is 1. The summed E-state index contributed by atoms with van der Waals surface area (Å²) in [6.07, 6.45) is 1.73. The maximum Gasteiger partial charge on any atom is 0.341 e. The Hall–Kier alpha value is -2.27. The number of carbonyl (C=O) groups excluding carboxylic acids is 2. The summed E-state index contributed by atoms with van der Waals surface area (Å²) < 4.78 is 32.7. The number of hydrogen-bond donors (Lipinski definition) is 1. The monoisotopic (exact) mass is 505 g/mol. The molecule has 8 nitrogen and oxygen atoms in total. The molecule has 0 bridgehead atoms. The van der Waals surface area contributed by atoms with Crippen molar-refractivity contribution in [3.63, 3.8) is 0 Å². The zero-order valence-electron chi connectivity index (χ0n) is 20.0. The number of rotatable bonds is 5. The number of thiophene rings is 1. The zero-order valence-corrected chi connectivity index (χ0v) is 21.6. The molecule has 2 aliphatic heterocycles. The Morgan fingerprint density at radius 3 is 2.38 bits per heavy atom. The molecule has 10 heteroatoms. The van der Waals surface area contributed by atoms with Crippen LogP contribution in [-0.2, 0) is 27.7 Å². The number of amides is 1. The van der Waals surface area contributed by atoms with Gasteiger partial charge in [0.25, 0.3) is 5.91 Å². The highest BCUT2D eigenvalue weighted by Gasteiger charge is 2.32. The Balaban J connectivity index is 1.54. The Kier molecular flexibility index (Phi) is 7.14. The minimum Gasteiger partial charge on any atom is -0.465 e. The molecule has 2 aromatic rings. The normalized spacial score (nSPS) is 21.6. The van der Waals surface area contributed by atoms with E-state index in [2.05, 4.69) is 24.1 Å². The molecule has 2 atom stereocenters. The van der Waals surface area contributed by atoms with Gasteiger partial charge < -0.3 is 15.0 Å². The minimum absolute atomic E-state index is 0.176. The number of benzene rings is 1. The van der Waals surface area contributed by atoms with E-state index in [-0.39, 0.29) is 4.90 Å². The van der Waals surface area contributed by atoms with E-state index in [1.807, 2.05) is 7.05 Å². The molecular weight excluding hydrogens is 474 g/mol. The molecule has 0 radical (unpaired) electrons. The first kappa shape index (κ1) is 24.8. The number of carbonyl (C=O) groups is 2. The topological polar surface area (TPSA) is 96.0 Å². The fourth-order valence-electron chi connectivity index (χ4n) is 4.84. The Labute approximate surface area is 204 Å². The third-order valence-electron chi connectivity index (χ3n) is 6.45. The zero-order chi connectivity index (χ0) is 24.6. The molecule has 1 saturated heterocycles. The van der Waals surface area contributed by atoms with Gasteiger partial charge in [-0.15, -0.1) is 11.3 Å². The minimum atomic E-state index is -3.62. The van der Waals surface area contributed by atoms with E-state index in [0.29, 0.717) is 54.0 Å². The van der Waals surface area contributed by atoms with Crippen LogP contribution in [0.15, 0.2) is 29.2 Å². The van der Waals surface area contributed by atoms with Crippen LogP contribution in [-0.4, -0.2) is 63.3 Å². The van der Waals surface area contributed by atoms with Crippen LogP contribution < -0.4 is 5.32 Å². The number of piperidine rings is 1. The summed E-state index contributed by atoms with van der Waals surface area (Å²) in [6.45, 7) is 6.67. The Morgan fingerprint density at radius 2 is 1.76 bits per heavy atom. The molecule has 34 heavy (non-hydrogen) atoms. The van der Waals surface area contributed by atoms with Crippen LogP contribution in [0.1, 0.15) is 51.4 Å². The molecule has 0 aliphatic carbocycles. The van der Waals surface area contributed by atoms with E-state index in [1.165, 1.54) is 47.0 Å². The van der Waals surface area contributed by atoms with Gasteiger partial charge >= 0.3 is 5.97 Å². The maximum atomic E-state index is 13.1. The van der Waals surface area contributed by atoms with E-state index in [0.717, 1.165) is 23.4 Å². The first-order chi connectivity index (χ1) is 16.1. The van der Waals surface area contributed by atoms with Crippen molar-refractivity contribution < 1.29 is 22.7 Å². The lowest BCUT2D eigenvalue weighted by atomic mass is 9.94. The van der Waals surface area contributed by atoms with Gasteiger partial charge in [-0.1, -0.05) is 13.8 Å². The van der Waals surface area contributed by atoms with Gasteiger partial charge in [-0.25, -0.2) is 13.2 Å². The molecule has 1 aromatic carbocycles. The smallest absolute Gasteiger partial charge is 0.341 e. The lowest BCUT2D eigenvalue weighted by Crippen LogP contribution is -2.42. The van der Waals surface area contributed by atoms with Gasteiger partial charge in [0.1, 0.15) is 5.00 Å². The molecular formula is C24H31N3O5S2. The van der Waals surface area contributed by atoms with Crippen LogP contribution in [0.25, 0.3) is 0 Å². The third kappa shape index (κ3) is 4.91. The highest BCUT2D eigenvalue weighted by molar-refractivity contribution is 7.89. The van der Waals surface area contributed by atoms with Gasteiger partial charge in [-0.2, -0.15) is 4.31 Å². The molecule has 1 amide bonds. The lowest BCUT2D eigenvalue weighted by Gasteiger charge is -2.34. The van der Waals surface area contributed by atoms with Crippen molar-refractivity contribution in [2.45, 2.75) is 38.1 Å². The summed E-state index contributed by atoms with van der Waals surface area (Å²) in [5, 5.41) is 3.31. The number of esters is 1. The highest BCUT2D eigenvalue weighted by Crippen LogP contribution is 2.37. The second-order valence-corrected chi connectivity index (χ2v) is 12.5. The van der Waals surface area contributed by atoms with E-state index in [4.69, 9.17) is 4.74 Å². The van der Waals surface area contributed by atoms with E-state index < -0.39 is 21.9 Å². The van der Waals surface area contributed by atoms with Crippen molar-refractivity contribution in [2.24, 2.45) is 11.8 Å². The molecule has 2 aliphatic rings. The quantitative estimate of drug-likeness (QED) is 0.626. The van der Waals surface area contributed by atoms with Crippen LogP contribution >= 0.6 is 11.3 Å². The number of anilines is 1. The number of nitrogens with one attached hydrogen (secondary N) is 1. The summed E-state index contributed by atoms with van der Waals surface area (Å²) in [6, 6.07) is 5.98. The van der Waals surface area contributed by atoms with Crippen molar-refractivity contribution in [3.8, 4) is 0 Å². The molecule has 3 heterocycles. The van der Waals surface area contributed by atoms with Crippen molar-refractivity contribution in [1.29, 1.82) is 0 Å². The standard InChI is InChI=1S/C24H31N3O5S2/c1-15-11-16(2)13-27(12-15)34(30,31)18-7-5-17(6-8-18)22(28)25-23-21(24(29)32-4)19-9-10-26(3)14-20(19)33-23/h5-8,15-16H,9-14H2,1-4H3,(H,25,28). The SMILES string of the molecule is COC(=O)c1c(NC(=O)c2ccc(S(=O)(=O)N3CC(C)CC(C)C3)cc2)sc2c1CCN(C)C2. The molecule has 1 fully saturated rings. The summed E-state index contributed by atoms with van der Waals surface area (Å²) in [5.41, 5.74) is 1.66. The molecule has 1 aromatic heterocycles. The number of hydrogen-bond acceptors (Lipinski definition) is 7.